The van der Waals surface area contributed by atoms with Crippen LogP contribution in [0.25, 0.3) is 11.1 Å². The summed E-state index contributed by atoms with van der Waals surface area (Å²) in [7, 11) is 1.21. The zero-order valence-corrected chi connectivity index (χ0v) is 26.3. The van der Waals surface area contributed by atoms with Crippen LogP contribution in [0.3, 0.4) is 0 Å². The highest BCUT2D eigenvalue weighted by molar-refractivity contribution is 7.89. The number of rotatable bonds is 9. The Kier molecular flexibility index (Phi) is 9.86. The number of ether oxygens (including phenoxy) is 3. The van der Waals surface area contributed by atoms with Crippen LogP contribution < -0.4 is 30.3 Å². The lowest BCUT2D eigenvalue weighted by molar-refractivity contribution is -0.130. The lowest BCUT2D eigenvalue weighted by Gasteiger charge is -2.35. The van der Waals surface area contributed by atoms with E-state index in [1.165, 1.54) is 31.5 Å². The third kappa shape index (κ3) is 6.57. The number of benzene rings is 1. The Morgan fingerprint density at radius 3 is 2.26 bits per heavy atom. The number of methoxy groups -OCH3 is 3. The molecule has 0 saturated carbocycles. The predicted molar refractivity (Wildman–Crippen MR) is 163 cm³/mol. The number of hydrogen-bond donors (Lipinski definition) is 2. The largest absolute Gasteiger partial charge is 0.493 e. The van der Waals surface area contributed by atoms with Gasteiger partial charge in [0.2, 0.25) is 33.0 Å². The van der Waals surface area contributed by atoms with Crippen LogP contribution in [0.4, 0.5) is 5.69 Å². The third-order valence-corrected chi connectivity index (χ3v) is 10.2. The minimum atomic E-state index is -3.39. The molecule has 12 nitrogen and oxygen atoms in total. The van der Waals surface area contributed by atoms with E-state index < -0.39 is 21.3 Å². The molecule has 43 heavy (non-hydrogen) atoms. The van der Waals surface area contributed by atoms with E-state index in [4.69, 9.17) is 14.2 Å². The van der Waals surface area contributed by atoms with Crippen LogP contribution in [0, 0.1) is 0 Å². The van der Waals surface area contributed by atoms with Gasteiger partial charge in [0.25, 0.3) is 0 Å². The summed E-state index contributed by atoms with van der Waals surface area (Å²) < 4.78 is 43.3. The van der Waals surface area contributed by atoms with Gasteiger partial charge in [-0.1, -0.05) is 6.07 Å². The van der Waals surface area contributed by atoms with Gasteiger partial charge in [0.15, 0.2) is 11.5 Å². The summed E-state index contributed by atoms with van der Waals surface area (Å²) in [6.45, 7) is 5.57. The molecular formula is C30H40N4O8S. The first-order valence-electron chi connectivity index (χ1n) is 14.2. The van der Waals surface area contributed by atoms with E-state index in [9.17, 15) is 22.8 Å². The van der Waals surface area contributed by atoms with Crippen LogP contribution in [-0.2, 0) is 26.0 Å². The van der Waals surface area contributed by atoms with Crippen LogP contribution in [-0.4, -0.2) is 88.7 Å². The zero-order chi connectivity index (χ0) is 31.5. The van der Waals surface area contributed by atoms with Crippen LogP contribution in [0.1, 0.15) is 44.4 Å². The molecule has 0 bridgehead atoms. The summed E-state index contributed by atoms with van der Waals surface area (Å²) in [5, 5.41) is 5.42. The molecule has 1 aliphatic heterocycles. The maximum absolute atomic E-state index is 13.5. The summed E-state index contributed by atoms with van der Waals surface area (Å²) in [6, 6.07) is 6.33. The second-order valence-electron chi connectivity index (χ2n) is 10.8. The van der Waals surface area contributed by atoms with Crippen molar-refractivity contribution in [2.45, 2.75) is 44.9 Å². The Hall–Kier alpha value is -3.84. The van der Waals surface area contributed by atoms with E-state index in [0.717, 1.165) is 11.1 Å². The number of anilines is 1. The van der Waals surface area contributed by atoms with Crippen molar-refractivity contribution in [3.63, 3.8) is 0 Å². The van der Waals surface area contributed by atoms with Crippen LogP contribution in [0.2, 0.25) is 0 Å². The molecule has 2 aromatic carbocycles. The fourth-order valence-corrected chi connectivity index (χ4v) is 6.90. The monoisotopic (exact) mass is 616 g/mol. The summed E-state index contributed by atoms with van der Waals surface area (Å²) in [5.41, 5.74) is 2.81. The van der Waals surface area contributed by atoms with Gasteiger partial charge in [0, 0.05) is 38.7 Å². The normalized spacial score (nSPS) is 16.9. The highest BCUT2D eigenvalue weighted by Gasteiger charge is 2.32. The van der Waals surface area contributed by atoms with Gasteiger partial charge in [-0.15, -0.1) is 0 Å². The molecule has 1 fully saturated rings. The summed E-state index contributed by atoms with van der Waals surface area (Å²) >= 11 is 0. The molecule has 1 atom stereocenters. The van der Waals surface area contributed by atoms with Crippen molar-refractivity contribution in [3.8, 4) is 28.4 Å². The van der Waals surface area contributed by atoms with Gasteiger partial charge in [-0.25, -0.2) is 8.42 Å². The quantitative estimate of drug-likeness (QED) is 0.433. The highest BCUT2D eigenvalue weighted by atomic mass is 32.2. The Labute approximate surface area is 252 Å². The fourth-order valence-electron chi connectivity index (χ4n) is 5.63. The molecule has 2 aromatic rings. The summed E-state index contributed by atoms with van der Waals surface area (Å²) in [5.74, 6) is 0.892. The Morgan fingerprint density at radius 1 is 1.00 bits per heavy atom. The van der Waals surface area contributed by atoms with Gasteiger partial charge in [-0.2, -0.15) is 4.31 Å². The number of aryl methyl sites for hydroxylation is 1. The number of fused-ring (bicyclic) bond motifs is 3. The maximum atomic E-state index is 13.5. The maximum Gasteiger partial charge on any atom is 0.241 e. The minimum Gasteiger partial charge on any atom is -0.493 e. The topological polar surface area (TPSA) is 144 Å². The van der Waals surface area contributed by atoms with Crippen molar-refractivity contribution in [1.29, 1.82) is 0 Å². The molecule has 0 aromatic heterocycles. The molecule has 4 rings (SSSR count). The van der Waals surface area contributed by atoms with Gasteiger partial charge < -0.3 is 29.7 Å². The molecule has 1 aliphatic carbocycles. The molecule has 13 heteroatoms. The van der Waals surface area contributed by atoms with E-state index in [2.05, 4.69) is 10.6 Å². The number of carbonyl (C=O) groups is 2. The Bertz CT molecular complexity index is 1550. The number of sulfonamides is 1. The smallest absolute Gasteiger partial charge is 0.241 e. The Morgan fingerprint density at radius 2 is 1.67 bits per heavy atom. The molecule has 234 valence electrons. The Balaban J connectivity index is 1.66. The van der Waals surface area contributed by atoms with Crippen molar-refractivity contribution >= 4 is 27.5 Å². The van der Waals surface area contributed by atoms with Gasteiger partial charge in [0.05, 0.1) is 44.9 Å². The summed E-state index contributed by atoms with van der Waals surface area (Å²) in [4.78, 5) is 40.2. The molecule has 1 heterocycles. The molecular weight excluding hydrogens is 576 g/mol. The first-order chi connectivity index (χ1) is 20.4. The molecule has 0 spiro atoms. The van der Waals surface area contributed by atoms with Gasteiger partial charge in [-0.05, 0) is 61.6 Å². The zero-order valence-electron chi connectivity index (χ0n) is 25.5. The average molecular weight is 617 g/mol. The molecule has 1 saturated heterocycles. The second-order valence-corrected chi connectivity index (χ2v) is 13.3. The standard InChI is InChI=1S/C30H40N4O8S/c1-18(2)43(38,39)34-13-11-33(12-14-34)27(37)17-31-24-10-8-21-22(16-25(24)36)23(32-19(3)35)9-7-20-15-26(40-4)29(41-5)30(42-6)28(20)21/h8,10,15-16,18,23H,7,9,11-14,17H2,1-6H3,(H,31,36)(H,32,35). The van der Waals surface area contributed by atoms with E-state index in [1.54, 1.807) is 38.0 Å². The van der Waals surface area contributed by atoms with Crippen molar-refractivity contribution < 1.29 is 32.2 Å². The third-order valence-electron chi connectivity index (χ3n) is 7.89. The van der Waals surface area contributed by atoms with E-state index >= 15 is 0 Å². The second kappa shape index (κ2) is 13.2. The predicted octanol–water partition coefficient (Wildman–Crippen LogP) is 2.16. The van der Waals surface area contributed by atoms with E-state index in [-0.39, 0.29) is 55.7 Å². The van der Waals surface area contributed by atoms with Crippen LogP contribution >= 0.6 is 0 Å². The van der Waals surface area contributed by atoms with Crippen LogP contribution in [0.5, 0.6) is 17.2 Å². The number of nitrogens with one attached hydrogen (secondary N) is 2. The van der Waals surface area contributed by atoms with Gasteiger partial charge >= 0.3 is 0 Å². The van der Waals surface area contributed by atoms with Gasteiger partial charge in [-0.3, -0.25) is 14.4 Å². The first-order valence-corrected chi connectivity index (χ1v) is 15.7. The molecule has 0 radical (unpaired) electrons. The van der Waals surface area contributed by atoms with Crippen molar-refractivity contribution in [1.82, 2.24) is 14.5 Å². The highest BCUT2D eigenvalue weighted by Crippen LogP contribution is 2.50. The van der Waals surface area contributed by atoms with E-state index in [0.29, 0.717) is 41.2 Å². The lowest BCUT2D eigenvalue weighted by atomic mass is 9.95. The lowest BCUT2D eigenvalue weighted by Crippen LogP contribution is -2.53. The SMILES string of the molecule is COc1cc2c(c(OC)c1OC)-c1ccc(NCC(=O)N3CCN(S(=O)(=O)C(C)C)CC3)c(=O)cc1C(NC(C)=O)CC2. The molecule has 2 aliphatic rings. The minimum absolute atomic E-state index is 0.138. The first kappa shape index (κ1) is 32.1. The van der Waals surface area contributed by atoms with Crippen molar-refractivity contribution in [2.24, 2.45) is 0 Å². The molecule has 1 unspecified atom stereocenters. The van der Waals surface area contributed by atoms with E-state index in [1.807, 2.05) is 6.07 Å². The number of amides is 2. The average Bonchev–Trinajstić information content (AvgIpc) is 3.22. The molecule has 2 N–H and O–H groups in total. The number of carbonyl (C=O) groups excluding carboxylic acids is 2. The number of nitrogens with zero attached hydrogens (tertiary/aromatic N) is 2. The van der Waals surface area contributed by atoms with Crippen molar-refractivity contribution in [2.75, 3.05) is 59.4 Å². The van der Waals surface area contributed by atoms with Crippen molar-refractivity contribution in [3.05, 3.63) is 45.6 Å². The number of piperazine rings is 1. The fraction of sp³-hybridized carbons (Fsp3) is 0.500. The molecule has 2 amide bonds. The summed E-state index contributed by atoms with van der Waals surface area (Å²) in [6.07, 6.45) is 1.11. The van der Waals surface area contributed by atoms with Gasteiger partial charge in [0.1, 0.15) is 0 Å². The van der Waals surface area contributed by atoms with Crippen LogP contribution in [0.15, 0.2) is 29.1 Å². The number of hydrogen-bond acceptors (Lipinski definition) is 9.